The average Bonchev–Trinajstić information content (AvgIpc) is 3.07. The second kappa shape index (κ2) is 6.57. The minimum Gasteiger partial charge on any atom is -0.478 e. The lowest BCUT2D eigenvalue weighted by atomic mass is 9.99. The molecular weight excluding hydrogens is 312 g/mol. The summed E-state index contributed by atoms with van der Waals surface area (Å²) in [5.74, 6) is -0.901. The summed E-state index contributed by atoms with van der Waals surface area (Å²) >= 11 is 0. The number of para-hydroxylation sites is 1. The molecule has 4 heteroatoms. The van der Waals surface area contributed by atoms with Crippen molar-refractivity contribution in [1.82, 2.24) is 9.88 Å². The number of carboxylic acids is 1. The number of carboxylic acid groups (broad SMARTS) is 1. The van der Waals surface area contributed by atoms with E-state index in [0.29, 0.717) is 11.1 Å². The number of aromatic nitrogens is 1. The van der Waals surface area contributed by atoms with Crippen LogP contribution >= 0.6 is 0 Å². The van der Waals surface area contributed by atoms with E-state index in [1.54, 1.807) is 6.07 Å². The van der Waals surface area contributed by atoms with Gasteiger partial charge < -0.3 is 10.1 Å². The van der Waals surface area contributed by atoms with Gasteiger partial charge in [-0.05, 0) is 23.6 Å². The third-order valence-electron chi connectivity index (χ3n) is 4.77. The molecule has 2 N–H and O–H groups in total. The van der Waals surface area contributed by atoms with Crippen molar-refractivity contribution in [3.05, 3.63) is 77.5 Å². The summed E-state index contributed by atoms with van der Waals surface area (Å²) < 4.78 is 0. The van der Waals surface area contributed by atoms with Crippen LogP contribution in [0.5, 0.6) is 0 Å². The van der Waals surface area contributed by atoms with Crippen LogP contribution < -0.4 is 0 Å². The highest BCUT2D eigenvalue weighted by Crippen LogP contribution is 2.30. The van der Waals surface area contributed by atoms with Crippen LogP contribution in [0.25, 0.3) is 16.5 Å². The minimum atomic E-state index is -0.901. The van der Waals surface area contributed by atoms with Crippen molar-refractivity contribution in [3.63, 3.8) is 0 Å². The number of H-pyrrole nitrogens is 1. The smallest absolute Gasteiger partial charge is 0.337 e. The molecule has 0 aliphatic carbocycles. The number of aromatic amines is 1. The second-order valence-corrected chi connectivity index (χ2v) is 6.45. The van der Waals surface area contributed by atoms with Gasteiger partial charge in [-0.25, -0.2) is 4.79 Å². The Morgan fingerprint density at radius 1 is 1.12 bits per heavy atom. The molecule has 4 rings (SSSR count). The molecule has 0 bridgehead atoms. The molecule has 126 valence electrons. The molecule has 0 fully saturated rings. The Labute approximate surface area is 146 Å². The van der Waals surface area contributed by atoms with Gasteiger partial charge in [-0.2, -0.15) is 0 Å². The van der Waals surface area contributed by atoms with Crippen molar-refractivity contribution in [2.45, 2.75) is 13.0 Å². The number of hydrogen-bond acceptors (Lipinski definition) is 2. The van der Waals surface area contributed by atoms with Gasteiger partial charge in [-0.3, -0.25) is 4.90 Å². The first kappa shape index (κ1) is 15.7. The van der Waals surface area contributed by atoms with E-state index in [4.69, 9.17) is 0 Å². The standard InChI is InChI=1S/C21H20N2O2/c24-21(25)18-10-4-9-17-19(12-22-20(17)18)16-8-5-11-23(14-16)13-15-6-2-1-3-7-15/h1-4,6-10,12,22H,5,11,13-14H2,(H,24,25). The first-order chi connectivity index (χ1) is 12.2. The summed E-state index contributed by atoms with van der Waals surface area (Å²) in [4.78, 5) is 17.0. The predicted octanol–water partition coefficient (Wildman–Crippen LogP) is 4.16. The Bertz CT molecular complexity index is 941. The number of carbonyl (C=O) groups is 1. The molecule has 0 unspecified atom stereocenters. The van der Waals surface area contributed by atoms with Crippen LogP contribution in [0.3, 0.4) is 0 Å². The van der Waals surface area contributed by atoms with E-state index in [1.807, 2.05) is 24.4 Å². The predicted molar refractivity (Wildman–Crippen MR) is 99.6 cm³/mol. The molecule has 25 heavy (non-hydrogen) atoms. The van der Waals surface area contributed by atoms with Crippen LogP contribution in [0.4, 0.5) is 0 Å². The van der Waals surface area contributed by atoms with Crippen molar-refractivity contribution < 1.29 is 9.90 Å². The summed E-state index contributed by atoms with van der Waals surface area (Å²) in [6, 6.07) is 15.9. The second-order valence-electron chi connectivity index (χ2n) is 6.45. The van der Waals surface area contributed by atoms with E-state index in [2.05, 4.69) is 40.2 Å². The molecule has 4 nitrogen and oxygen atoms in total. The molecule has 0 spiro atoms. The van der Waals surface area contributed by atoms with Crippen molar-refractivity contribution in [1.29, 1.82) is 0 Å². The van der Waals surface area contributed by atoms with Crippen LogP contribution in [0.1, 0.15) is 27.9 Å². The summed E-state index contributed by atoms with van der Waals surface area (Å²) in [6.07, 6.45) is 5.22. The highest BCUT2D eigenvalue weighted by Gasteiger charge is 2.18. The molecule has 2 heterocycles. The molecular formula is C21H20N2O2. The quantitative estimate of drug-likeness (QED) is 0.754. The van der Waals surface area contributed by atoms with Gasteiger partial charge in [0.2, 0.25) is 0 Å². The lowest BCUT2D eigenvalue weighted by Gasteiger charge is -2.27. The first-order valence-electron chi connectivity index (χ1n) is 8.51. The maximum absolute atomic E-state index is 11.4. The van der Waals surface area contributed by atoms with Crippen LogP contribution in [0.2, 0.25) is 0 Å². The van der Waals surface area contributed by atoms with Gasteiger partial charge in [0, 0.05) is 36.8 Å². The molecule has 0 saturated carbocycles. The zero-order valence-corrected chi connectivity index (χ0v) is 13.9. The summed E-state index contributed by atoms with van der Waals surface area (Å²) in [5, 5.41) is 10.3. The van der Waals surface area contributed by atoms with Gasteiger partial charge in [0.1, 0.15) is 0 Å². The van der Waals surface area contributed by atoms with Gasteiger partial charge >= 0.3 is 5.97 Å². The number of rotatable bonds is 4. The summed E-state index contributed by atoms with van der Waals surface area (Å²) in [5.41, 5.74) is 4.70. The number of nitrogens with one attached hydrogen (secondary N) is 1. The summed E-state index contributed by atoms with van der Waals surface area (Å²) in [7, 11) is 0. The summed E-state index contributed by atoms with van der Waals surface area (Å²) in [6.45, 7) is 2.85. The van der Waals surface area contributed by atoms with Crippen LogP contribution in [-0.4, -0.2) is 34.0 Å². The van der Waals surface area contributed by atoms with Gasteiger partial charge in [-0.15, -0.1) is 0 Å². The fraction of sp³-hybridized carbons (Fsp3) is 0.190. The Morgan fingerprint density at radius 2 is 1.96 bits per heavy atom. The number of aromatic carboxylic acids is 1. The molecule has 1 aromatic heterocycles. The topological polar surface area (TPSA) is 56.3 Å². The van der Waals surface area contributed by atoms with E-state index in [1.165, 1.54) is 11.1 Å². The molecule has 1 aliphatic rings. The van der Waals surface area contributed by atoms with Gasteiger partial charge in [0.05, 0.1) is 11.1 Å². The van der Waals surface area contributed by atoms with E-state index < -0.39 is 5.97 Å². The molecule has 0 amide bonds. The fourth-order valence-corrected chi connectivity index (χ4v) is 3.58. The van der Waals surface area contributed by atoms with Crippen LogP contribution in [-0.2, 0) is 6.54 Å². The van der Waals surface area contributed by atoms with Crippen molar-refractivity contribution in [2.75, 3.05) is 13.1 Å². The molecule has 0 radical (unpaired) electrons. The molecule has 0 saturated heterocycles. The number of nitrogens with zero attached hydrogens (tertiary/aromatic N) is 1. The normalized spacial score (nSPS) is 15.3. The molecule has 3 aromatic rings. The molecule has 1 aliphatic heterocycles. The third kappa shape index (κ3) is 3.08. The highest BCUT2D eigenvalue weighted by molar-refractivity contribution is 6.05. The van der Waals surface area contributed by atoms with E-state index in [9.17, 15) is 9.90 Å². The van der Waals surface area contributed by atoms with E-state index in [-0.39, 0.29) is 0 Å². The highest BCUT2D eigenvalue weighted by atomic mass is 16.4. The van der Waals surface area contributed by atoms with Crippen LogP contribution in [0, 0.1) is 0 Å². The zero-order chi connectivity index (χ0) is 17.2. The number of benzene rings is 2. The lowest BCUT2D eigenvalue weighted by Crippen LogP contribution is -2.28. The van der Waals surface area contributed by atoms with Crippen LogP contribution in [0.15, 0.2) is 60.8 Å². The Morgan fingerprint density at radius 3 is 2.76 bits per heavy atom. The molecule has 0 atom stereocenters. The minimum absolute atomic E-state index is 0.321. The van der Waals surface area contributed by atoms with Gasteiger partial charge in [0.25, 0.3) is 0 Å². The Hall–Kier alpha value is -2.85. The van der Waals surface area contributed by atoms with E-state index in [0.717, 1.165) is 37.0 Å². The fourth-order valence-electron chi connectivity index (χ4n) is 3.58. The van der Waals surface area contributed by atoms with Crippen molar-refractivity contribution in [2.24, 2.45) is 0 Å². The van der Waals surface area contributed by atoms with Crippen molar-refractivity contribution >= 4 is 22.4 Å². The Kier molecular flexibility index (Phi) is 4.12. The largest absolute Gasteiger partial charge is 0.478 e. The number of hydrogen-bond donors (Lipinski definition) is 2. The average molecular weight is 332 g/mol. The monoisotopic (exact) mass is 332 g/mol. The zero-order valence-electron chi connectivity index (χ0n) is 13.9. The lowest BCUT2D eigenvalue weighted by molar-refractivity contribution is 0.0699. The van der Waals surface area contributed by atoms with E-state index >= 15 is 0 Å². The Balaban J connectivity index is 1.62. The maximum atomic E-state index is 11.4. The third-order valence-corrected chi connectivity index (χ3v) is 4.77. The maximum Gasteiger partial charge on any atom is 0.337 e. The van der Waals surface area contributed by atoms with Gasteiger partial charge in [0.15, 0.2) is 0 Å². The first-order valence-corrected chi connectivity index (χ1v) is 8.51. The molecule has 2 aromatic carbocycles. The van der Waals surface area contributed by atoms with Crippen molar-refractivity contribution in [3.8, 4) is 0 Å². The number of fused-ring (bicyclic) bond motifs is 1. The van der Waals surface area contributed by atoms with Gasteiger partial charge in [-0.1, -0.05) is 48.5 Å². The SMILES string of the molecule is O=C(O)c1cccc2c(C3=CCCN(Cc4ccccc4)C3)c[nH]c12.